The van der Waals surface area contributed by atoms with Crippen molar-refractivity contribution in [2.45, 2.75) is 31.7 Å². The van der Waals surface area contributed by atoms with Gasteiger partial charge in [0, 0.05) is 17.6 Å². The molecule has 1 aliphatic rings. The number of nitrogens with one attached hydrogen (secondary N) is 2. The summed E-state index contributed by atoms with van der Waals surface area (Å²) in [5.74, 6) is 0.424. The molecule has 3 aromatic rings. The van der Waals surface area contributed by atoms with Crippen LogP contribution >= 0.6 is 0 Å². The van der Waals surface area contributed by atoms with Gasteiger partial charge in [-0.05, 0) is 37.1 Å². The zero-order chi connectivity index (χ0) is 17.1. The van der Waals surface area contributed by atoms with Gasteiger partial charge in [-0.1, -0.05) is 31.0 Å². The van der Waals surface area contributed by atoms with Gasteiger partial charge in [0.15, 0.2) is 11.5 Å². The Morgan fingerprint density at radius 3 is 2.64 bits per heavy atom. The maximum atomic E-state index is 12.2. The van der Waals surface area contributed by atoms with E-state index < -0.39 is 0 Å². The fourth-order valence-electron chi connectivity index (χ4n) is 3.19. The largest absolute Gasteiger partial charge is 0.348 e. The Morgan fingerprint density at radius 2 is 1.84 bits per heavy atom. The van der Waals surface area contributed by atoms with Gasteiger partial charge in [0.2, 0.25) is 0 Å². The van der Waals surface area contributed by atoms with E-state index in [0.29, 0.717) is 11.5 Å². The van der Waals surface area contributed by atoms with E-state index in [0.717, 1.165) is 29.4 Å². The first-order valence-electron chi connectivity index (χ1n) is 8.55. The number of carbonyl (C=O) groups is 1. The number of carbonyl (C=O) groups excluding carboxylic acids is 1. The Morgan fingerprint density at radius 1 is 1.00 bits per heavy atom. The lowest BCUT2D eigenvalue weighted by Crippen LogP contribution is -2.33. The molecule has 25 heavy (non-hydrogen) atoms. The van der Waals surface area contributed by atoms with Crippen molar-refractivity contribution in [2.75, 3.05) is 5.32 Å². The quantitative estimate of drug-likeness (QED) is 0.764. The van der Waals surface area contributed by atoms with Crippen molar-refractivity contribution in [3.63, 3.8) is 0 Å². The molecule has 0 unspecified atom stereocenters. The van der Waals surface area contributed by atoms with E-state index in [9.17, 15) is 4.79 Å². The average Bonchev–Trinajstić information content (AvgIpc) is 3.16. The summed E-state index contributed by atoms with van der Waals surface area (Å²) in [6.07, 6.45) is 6.21. The van der Waals surface area contributed by atoms with Crippen LogP contribution in [0.3, 0.4) is 0 Å². The van der Waals surface area contributed by atoms with Crippen LogP contribution in [0, 0.1) is 0 Å². The Bertz CT molecular complexity index is 882. The van der Waals surface area contributed by atoms with E-state index >= 15 is 0 Å². The van der Waals surface area contributed by atoms with Gasteiger partial charge in [0.25, 0.3) is 5.91 Å². The van der Waals surface area contributed by atoms with Gasteiger partial charge in [0.05, 0.1) is 11.2 Å². The Hall–Kier alpha value is -3.02. The molecule has 0 aliphatic heterocycles. The van der Waals surface area contributed by atoms with E-state index in [4.69, 9.17) is 0 Å². The van der Waals surface area contributed by atoms with Crippen molar-refractivity contribution in [3.8, 4) is 0 Å². The van der Waals surface area contributed by atoms with Crippen molar-refractivity contribution in [1.82, 2.24) is 20.5 Å². The van der Waals surface area contributed by atoms with Crippen LogP contribution in [0.5, 0.6) is 0 Å². The SMILES string of the molecule is O=C(NC1CCCC1)c1ccc(Nc2cccc3cccnc23)nn1. The zero-order valence-corrected chi connectivity index (χ0v) is 13.8. The summed E-state index contributed by atoms with van der Waals surface area (Å²) in [5.41, 5.74) is 2.07. The third-order valence-electron chi connectivity index (χ3n) is 4.48. The summed E-state index contributed by atoms with van der Waals surface area (Å²) in [6, 6.07) is 13.6. The molecule has 2 aromatic heterocycles. The molecule has 6 heteroatoms. The number of hydrogen-bond donors (Lipinski definition) is 2. The molecule has 4 rings (SSSR count). The van der Waals surface area contributed by atoms with Gasteiger partial charge in [-0.2, -0.15) is 0 Å². The molecule has 0 radical (unpaired) electrons. The first-order valence-corrected chi connectivity index (χ1v) is 8.55. The second-order valence-corrected chi connectivity index (χ2v) is 6.26. The standard InChI is InChI=1S/C19H19N5O/c25-19(21-14-7-1-2-8-14)16-10-11-17(24-23-16)22-15-9-3-5-13-6-4-12-20-18(13)15/h3-6,9-12,14H,1-2,7-8H2,(H,21,25)(H,22,24). The highest BCUT2D eigenvalue weighted by molar-refractivity contribution is 5.93. The van der Waals surface area contributed by atoms with Gasteiger partial charge in [-0.25, -0.2) is 0 Å². The van der Waals surface area contributed by atoms with E-state index in [2.05, 4.69) is 25.8 Å². The highest BCUT2D eigenvalue weighted by atomic mass is 16.2. The summed E-state index contributed by atoms with van der Waals surface area (Å²) >= 11 is 0. The molecule has 0 saturated heterocycles. The minimum atomic E-state index is -0.155. The molecule has 0 atom stereocenters. The number of para-hydroxylation sites is 1. The normalized spacial score (nSPS) is 14.6. The summed E-state index contributed by atoms with van der Waals surface area (Å²) in [6.45, 7) is 0. The van der Waals surface area contributed by atoms with Crippen LogP contribution in [0.1, 0.15) is 36.2 Å². The van der Waals surface area contributed by atoms with Crippen molar-refractivity contribution in [1.29, 1.82) is 0 Å². The van der Waals surface area contributed by atoms with Crippen LogP contribution in [-0.4, -0.2) is 27.1 Å². The molecule has 1 amide bonds. The fourth-order valence-corrected chi connectivity index (χ4v) is 3.19. The minimum Gasteiger partial charge on any atom is -0.348 e. The number of anilines is 2. The van der Waals surface area contributed by atoms with Crippen molar-refractivity contribution < 1.29 is 4.79 Å². The Kier molecular flexibility index (Phi) is 4.24. The van der Waals surface area contributed by atoms with E-state index in [1.54, 1.807) is 18.3 Å². The third-order valence-corrected chi connectivity index (χ3v) is 4.48. The Balaban J connectivity index is 1.49. The molecule has 1 saturated carbocycles. The number of benzene rings is 1. The van der Waals surface area contributed by atoms with Crippen molar-refractivity contribution in [3.05, 3.63) is 54.4 Å². The third kappa shape index (κ3) is 3.42. The number of rotatable bonds is 4. The van der Waals surface area contributed by atoms with Gasteiger partial charge in [0.1, 0.15) is 0 Å². The van der Waals surface area contributed by atoms with Gasteiger partial charge in [-0.3, -0.25) is 9.78 Å². The first-order chi connectivity index (χ1) is 12.3. The number of fused-ring (bicyclic) bond motifs is 1. The lowest BCUT2D eigenvalue weighted by molar-refractivity contribution is 0.0932. The van der Waals surface area contributed by atoms with Gasteiger partial charge < -0.3 is 10.6 Å². The van der Waals surface area contributed by atoms with Gasteiger partial charge >= 0.3 is 0 Å². The van der Waals surface area contributed by atoms with Crippen molar-refractivity contribution in [2.24, 2.45) is 0 Å². The average molecular weight is 333 g/mol. The topological polar surface area (TPSA) is 79.8 Å². The summed E-state index contributed by atoms with van der Waals surface area (Å²) in [7, 11) is 0. The number of aromatic nitrogens is 3. The molecular weight excluding hydrogens is 314 g/mol. The fraction of sp³-hybridized carbons (Fsp3) is 0.263. The zero-order valence-electron chi connectivity index (χ0n) is 13.8. The predicted octanol–water partition coefficient (Wildman–Crippen LogP) is 3.44. The molecule has 126 valence electrons. The molecule has 1 fully saturated rings. The summed E-state index contributed by atoms with van der Waals surface area (Å²) in [5, 5.41) is 15.5. The molecule has 0 bridgehead atoms. The number of pyridine rings is 1. The smallest absolute Gasteiger partial charge is 0.272 e. The van der Waals surface area contributed by atoms with Crippen LogP contribution in [0.4, 0.5) is 11.5 Å². The van der Waals surface area contributed by atoms with E-state index in [-0.39, 0.29) is 11.9 Å². The number of nitrogens with zero attached hydrogens (tertiary/aromatic N) is 3. The lowest BCUT2D eigenvalue weighted by Gasteiger charge is -2.11. The van der Waals surface area contributed by atoms with Crippen LogP contribution in [0.15, 0.2) is 48.7 Å². The minimum absolute atomic E-state index is 0.155. The molecule has 2 heterocycles. The van der Waals surface area contributed by atoms with Crippen LogP contribution < -0.4 is 10.6 Å². The highest BCUT2D eigenvalue weighted by Gasteiger charge is 2.18. The highest BCUT2D eigenvalue weighted by Crippen LogP contribution is 2.23. The lowest BCUT2D eigenvalue weighted by atomic mass is 10.2. The predicted molar refractivity (Wildman–Crippen MR) is 96.8 cm³/mol. The van der Waals surface area contributed by atoms with E-state index in [1.807, 2.05) is 30.3 Å². The molecular formula is C19H19N5O. The summed E-state index contributed by atoms with van der Waals surface area (Å²) in [4.78, 5) is 16.6. The van der Waals surface area contributed by atoms with Gasteiger partial charge in [-0.15, -0.1) is 10.2 Å². The van der Waals surface area contributed by atoms with Crippen LogP contribution in [-0.2, 0) is 0 Å². The molecule has 6 nitrogen and oxygen atoms in total. The van der Waals surface area contributed by atoms with Crippen molar-refractivity contribution >= 4 is 28.3 Å². The molecule has 2 N–H and O–H groups in total. The maximum absolute atomic E-state index is 12.2. The molecule has 0 spiro atoms. The molecule has 1 aromatic carbocycles. The van der Waals surface area contributed by atoms with E-state index in [1.165, 1.54) is 12.8 Å². The first kappa shape index (κ1) is 15.5. The summed E-state index contributed by atoms with van der Waals surface area (Å²) < 4.78 is 0. The van der Waals surface area contributed by atoms with Crippen LogP contribution in [0.2, 0.25) is 0 Å². The Labute approximate surface area is 145 Å². The van der Waals surface area contributed by atoms with Crippen LogP contribution in [0.25, 0.3) is 10.9 Å². The maximum Gasteiger partial charge on any atom is 0.272 e. The molecule has 1 aliphatic carbocycles. The number of amides is 1. The monoisotopic (exact) mass is 333 g/mol. The number of hydrogen-bond acceptors (Lipinski definition) is 5. The second kappa shape index (κ2) is 6.84. The second-order valence-electron chi connectivity index (χ2n) is 6.26.